The zero-order chi connectivity index (χ0) is 10.4. The standard InChI is InChI=1S/C9H16O3.Sn/c1-6(2)8(10)5-9(11)7(3)12-4;/h5-7,11H,1-4H3;/q;+1/p-1/b9-5-;. The van der Waals surface area contributed by atoms with Crippen LogP contribution >= 0.6 is 0 Å². The van der Waals surface area contributed by atoms with E-state index in [0.29, 0.717) is 5.76 Å². The second-order valence-corrected chi connectivity index (χ2v) is 3.67. The van der Waals surface area contributed by atoms with Crippen LogP contribution in [0.4, 0.5) is 0 Å². The van der Waals surface area contributed by atoms with Crippen LogP contribution in [0, 0.1) is 5.92 Å². The molecule has 0 saturated heterocycles. The molecule has 0 aliphatic heterocycles. The van der Waals surface area contributed by atoms with Crippen molar-refractivity contribution in [3.8, 4) is 0 Å². The summed E-state index contributed by atoms with van der Waals surface area (Å²) in [6, 6.07) is 0. The number of allylic oxidation sites excluding steroid dienone is 1. The van der Waals surface area contributed by atoms with Gasteiger partial charge >= 0.3 is 93.1 Å². The van der Waals surface area contributed by atoms with Gasteiger partial charge in [0.1, 0.15) is 0 Å². The topological polar surface area (TPSA) is 35.5 Å². The van der Waals surface area contributed by atoms with E-state index in [4.69, 9.17) is 7.81 Å². The zero-order valence-electron chi connectivity index (χ0n) is 8.46. The van der Waals surface area contributed by atoms with E-state index in [0.717, 1.165) is 22.9 Å². The monoisotopic (exact) mass is 291 g/mol. The Hall–Kier alpha value is -0.0313. The van der Waals surface area contributed by atoms with E-state index in [2.05, 4.69) is 0 Å². The van der Waals surface area contributed by atoms with E-state index >= 15 is 0 Å². The molecule has 3 nitrogen and oxygen atoms in total. The Morgan fingerprint density at radius 3 is 2.23 bits per heavy atom. The van der Waals surface area contributed by atoms with Gasteiger partial charge in [0.15, 0.2) is 0 Å². The molecule has 0 fully saturated rings. The Morgan fingerprint density at radius 1 is 1.38 bits per heavy atom. The molecule has 4 heteroatoms. The minimum atomic E-state index is -0.151. The number of methoxy groups -OCH3 is 1. The maximum atomic E-state index is 11.3. The minimum absolute atomic E-state index is 0.00464. The molecule has 1 unspecified atom stereocenters. The van der Waals surface area contributed by atoms with Crippen molar-refractivity contribution < 1.29 is 12.6 Å². The summed E-state index contributed by atoms with van der Waals surface area (Å²) in [5, 5.41) is 0. The Balaban J connectivity index is 4.47. The van der Waals surface area contributed by atoms with Crippen molar-refractivity contribution in [3.63, 3.8) is 0 Å². The molecule has 73 valence electrons. The molecule has 0 aromatic carbocycles. The van der Waals surface area contributed by atoms with Gasteiger partial charge in [0.25, 0.3) is 0 Å². The SMILES string of the molecule is COC(C)/C(=C/C(=O)C(C)C)[O][Sn]. The first-order valence-corrected chi connectivity index (χ1v) is 5.31. The van der Waals surface area contributed by atoms with Crippen LogP contribution in [0.15, 0.2) is 11.8 Å². The fourth-order valence-corrected chi connectivity index (χ4v) is 1.29. The molecular weight excluding hydrogens is 275 g/mol. The number of ketones is 1. The van der Waals surface area contributed by atoms with Crippen LogP contribution < -0.4 is 0 Å². The molecule has 0 heterocycles. The fraction of sp³-hybridized carbons (Fsp3) is 0.667. The molecule has 0 rings (SSSR count). The van der Waals surface area contributed by atoms with Crippen LogP contribution in [-0.2, 0) is 12.6 Å². The molecule has 0 bridgehead atoms. The van der Waals surface area contributed by atoms with Gasteiger partial charge in [0.2, 0.25) is 0 Å². The summed E-state index contributed by atoms with van der Waals surface area (Å²) in [6.07, 6.45) is 1.37. The fourth-order valence-electron chi connectivity index (χ4n) is 0.653. The third-order valence-corrected chi connectivity index (χ3v) is 2.40. The van der Waals surface area contributed by atoms with Crippen molar-refractivity contribution in [1.82, 2.24) is 0 Å². The summed E-state index contributed by atoms with van der Waals surface area (Å²) in [7, 11) is 1.59. The first-order chi connectivity index (χ1) is 6.02. The summed E-state index contributed by atoms with van der Waals surface area (Å²) in [6.45, 7) is 5.57. The first kappa shape index (κ1) is 13.0. The van der Waals surface area contributed by atoms with Gasteiger partial charge in [0, 0.05) is 0 Å². The predicted molar refractivity (Wildman–Crippen MR) is 51.2 cm³/mol. The average molecular weight is 290 g/mol. The summed E-state index contributed by atoms with van der Waals surface area (Å²) in [4.78, 5) is 11.3. The van der Waals surface area contributed by atoms with Crippen molar-refractivity contribution in [2.45, 2.75) is 26.9 Å². The molecule has 0 aromatic heterocycles. The second-order valence-electron chi connectivity index (χ2n) is 3.08. The van der Waals surface area contributed by atoms with Crippen LogP contribution in [-0.4, -0.2) is 41.9 Å². The van der Waals surface area contributed by atoms with Gasteiger partial charge in [-0.15, -0.1) is 0 Å². The van der Waals surface area contributed by atoms with Crippen LogP contribution in [0.25, 0.3) is 0 Å². The Labute approximate surface area is 93.1 Å². The molecule has 0 aliphatic rings. The Kier molecular flexibility index (Phi) is 6.41. The van der Waals surface area contributed by atoms with Crippen LogP contribution in [0.1, 0.15) is 20.8 Å². The van der Waals surface area contributed by atoms with Gasteiger partial charge < -0.3 is 0 Å². The molecular formula is C9H15O3Sn. The van der Waals surface area contributed by atoms with Gasteiger partial charge in [-0.25, -0.2) is 0 Å². The molecule has 0 spiro atoms. The molecule has 0 amide bonds. The van der Waals surface area contributed by atoms with Gasteiger partial charge in [-0.05, 0) is 0 Å². The van der Waals surface area contributed by atoms with Crippen LogP contribution in [0.5, 0.6) is 0 Å². The predicted octanol–water partition coefficient (Wildman–Crippen LogP) is 1.23. The first-order valence-electron chi connectivity index (χ1n) is 4.14. The van der Waals surface area contributed by atoms with E-state index in [1.54, 1.807) is 7.11 Å². The summed E-state index contributed by atoms with van der Waals surface area (Å²) < 4.78 is 10.2. The van der Waals surface area contributed by atoms with E-state index in [-0.39, 0.29) is 17.8 Å². The van der Waals surface area contributed by atoms with Gasteiger partial charge in [-0.3, -0.25) is 0 Å². The molecule has 0 saturated carbocycles. The number of hydrogen-bond acceptors (Lipinski definition) is 3. The third-order valence-electron chi connectivity index (χ3n) is 1.73. The summed E-state index contributed by atoms with van der Waals surface area (Å²) in [5.41, 5.74) is 0. The molecule has 3 radical (unpaired) electrons. The van der Waals surface area contributed by atoms with E-state index in [1.165, 1.54) is 6.08 Å². The van der Waals surface area contributed by atoms with E-state index in [1.807, 2.05) is 20.8 Å². The third kappa shape index (κ3) is 4.66. The molecule has 13 heavy (non-hydrogen) atoms. The van der Waals surface area contributed by atoms with Gasteiger partial charge in [0.05, 0.1) is 0 Å². The number of rotatable bonds is 5. The average Bonchev–Trinajstić information content (AvgIpc) is 2.12. The molecule has 0 N–H and O–H groups in total. The normalized spacial score (nSPS) is 14.5. The molecule has 1 atom stereocenters. The van der Waals surface area contributed by atoms with E-state index in [9.17, 15) is 4.79 Å². The van der Waals surface area contributed by atoms with Crippen molar-refractivity contribution in [2.75, 3.05) is 7.11 Å². The van der Waals surface area contributed by atoms with Crippen molar-refractivity contribution >= 4 is 28.7 Å². The van der Waals surface area contributed by atoms with Crippen molar-refractivity contribution in [3.05, 3.63) is 11.8 Å². The molecule has 0 aromatic rings. The Morgan fingerprint density at radius 2 is 1.92 bits per heavy atom. The number of carbonyl (C=O) groups excluding carboxylic acids is 1. The Bertz CT molecular complexity index is 199. The number of hydrogen-bond donors (Lipinski definition) is 0. The zero-order valence-corrected chi connectivity index (χ0v) is 11.3. The van der Waals surface area contributed by atoms with Gasteiger partial charge in [-0.1, -0.05) is 0 Å². The number of ether oxygens (including phenoxy) is 1. The summed E-state index contributed by atoms with van der Waals surface area (Å²) in [5.74, 6) is 0.686. The summed E-state index contributed by atoms with van der Waals surface area (Å²) >= 11 is 0.914. The number of carbonyl (C=O) groups is 1. The molecule has 0 aliphatic carbocycles. The van der Waals surface area contributed by atoms with E-state index < -0.39 is 0 Å². The van der Waals surface area contributed by atoms with Gasteiger partial charge in [-0.2, -0.15) is 0 Å². The van der Waals surface area contributed by atoms with Crippen molar-refractivity contribution in [1.29, 1.82) is 0 Å². The second kappa shape index (κ2) is 6.43. The maximum absolute atomic E-state index is 11.3. The van der Waals surface area contributed by atoms with Crippen LogP contribution in [0.2, 0.25) is 0 Å². The quantitative estimate of drug-likeness (QED) is 0.434. The van der Waals surface area contributed by atoms with Crippen molar-refractivity contribution in [2.24, 2.45) is 5.92 Å². The van der Waals surface area contributed by atoms with Crippen LogP contribution in [0.3, 0.4) is 0 Å².